The van der Waals surface area contributed by atoms with Crippen molar-refractivity contribution in [3.8, 4) is 0 Å². The maximum Gasteiger partial charge on any atom is 0.248 e. The van der Waals surface area contributed by atoms with Crippen molar-refractivity contribution >= 4 is 17.5 Å². The summed E-state index contributed by atoms with van der Waals surface area (Å²) < 4.78 is 0. The molecule has 0 saturated heterocycles. The van der Waals surface area contributed by atoms with Crippen molar-refractivity contribution in [3.05, 3.63) is 65.7 Å². The van der Waals surface area contributed by atoms with Gasteiger partial charge in [-0.05, 0) is 29.8 Å². The van der Waals surface area contributed by atoms with Gasteiger partial charge in [0, 0.05) is 17.8 Å². The van der Waals surface area contributed by atoms with Crippen molar-refractivity contribution in [2.45, 2.75) is 6.54 Å². The fraction of sp³-hybridized carbons (Fsp3) is 0.125. The molecule has 0 aromatic heterocycles. The van der Waals surface area contributed by atoms with Gasteiger partial charge in [-0.2, -0.15) is 0 Å². The minimum atomic E-state index is -0.478. The molecule has 0 unspecified atom stereocenters. The number of nitrogens with two attached hydrogens (primary N) is 1. The first kappa shape index (κ1) is 14.6. The Kier molecular flexibility index (Phi) is 4.93. The van der Waals surface area contributed by atoms with E-state index in [1.165, 1.54) is 0 Å². The van der Waals surface area contributed by atoms with Crippen LogP contribution in [-0.2, 0) is 11.3 Å². The number of carbonyl (C=O) groups is 2. The highest BCUT2D eigenvalue weighted by atomic mass is 16.2. The van der Waals surface area contributed by atoms with Crippen molar-refractivity contribution in [1.29, 1.82) is 0 Å². The van der Waals surface area contributed by atoms with Crippen LogP contribution in [0.2, 0.25) is 0 Å². The zero-order valence-corrected chi connectivity index (χ0v) is 11.5. The van der Waals surface area contributed by atoms with Gasteiger partial charge in [-0.3, -0.25) is 9.59 Å². The molecule has 0 aliphatic heterocycles. The second-order valence-electron chi connectivity index (χ2n) is 4.56. The van der Waals surface area contributed by atoms with Crippen LogP contribution in [0.3, 0.4) is 0 Å². The van der Waals surface area contributed by atoms with Crippen LogP contribution in [0, 0.1) is 0 Å². The molecule has 5 heteroatoms. The fourth-order valence-electron chi connectivity index (χ4n) is 1.84. The standard InChI is InChI=1S/C16H17N3O2/c17-16(21)13-6-4-5-12(9-13)10-19-15(20)11-18-14-7-2-1-3-8-14/h1-9,18H,10-11H2,(H2,17,21)(H,19,20). The Labute approximate surface area is 123 Å². The third-order valence-corrected chi connectivity index (χ3v) is 2.93. The molecular formula is C16H17N3O2. The molecule has 2 aromatic rings. The topological polar surface area (TPSA) is 84.2 Å². The first-order valence-electron chi connectivity index (χ1n) is 6.59. The van der Waals surface area contributed by atoms with E-state index in [4.69, 9.17) is 5.73 Å². The van der Waals surface area contributed by atoms with Gasteiger partial charge in [0.05, 0.1) is 6.54 Å². The van der Waals surface area contributed by atoms with Crippen molar-refractivity contribution in [2.24, 2.45) is 5.73 Å². The normalized spacial score (nSPS) is 9.90. The fourth-order valence-corrected chi connectivity index (χ4v) is 1.84. The molecule has 5 nitrogen and oxygen atoms in total. The zero-order chi connectivity index (χ0) is 15.1. The lowest BCUT2D eigenvalue weighted by molar-refractivity contribution is -0.119. The number of carbonyl (C=O) groups excluding carboxylic acids is 2. The number of nitrogens with one attached hydrogen (secondary N) is 2. The van der Waals surface area contributed by atoms with Gasteiger partial charge in [-0.25, -0.2) is 0 Å². The lowest BCUT2D eigenvalue weighted by Gasteiger charge is -2.08. The summed E-state index contributed by atoms with van der Waals surface area (Å²) in [6, 6.07) is 16.4. The largest absolute Gasteiger partial charge is 0.376 e. The van der Waals surface area contributed by atoms with Crippen molar-refractivity contribution in [3.63, 3.8) is 0 Å². The number of anilines is 1. The number of rotatable bonds is 6. The third kappa shape index (κ3) is 4.65. The number of hydrogen-bond donors (Lipinski definition) is 3. The van der Waals surface area contributed by atoms with Gasteiger partial charge in [0.2, 0.25) is 11.8 Å². The first-order valence-corrected chi connectivity index (χ1v) is 6.59. The van der Waals surface area contributed by atoms with Gasteiger partial charge < -0.3 is 16.4 Å². The predicted molar refractivity (Wildman–Crippen MR) is 81.7 cm³/mol. The molecule has 21 heavy (non-hydrogen) atoms. The Morgan fingerprint density at radius 3 is 2.48 bits per heavy atom. The molecule has 0 bridgehead atoms. The Bertz CT molecular complexity index is 626. The summed E-state index contributed by atoms with van der Waals surface area (Å²) in [6.45, 7) is 0.552. The van der Waals surface area contributed by atoms with Crippen LogP contribution in [0.1, 0.15) is 15.9 Å². The molecule has 0 heterocycles. The molecule has 0 saturated carbocycles. The minimum absolute atomic E-state index is 0.122. The molecule has 0 atom stereocenters. The predicted octanol–water partition coefficient (Wildman–Crippen LogP) is 1.51. The number of benzene rings is 2. The quantitative estimate of drug-likeness (QED) is 0.751. The Morgan fingerprint density at radius 1 is 1.00 bits per heavy atom. The van der Waals surface area contributed by atoms with Crippen LogP contribution in [0.25, 0.3) is 0 Å². The van der Waals surface area contributed by atoms with Crippen molar-refractivity contribution < 1.29 is 9.59 Å². The summed E-state index contributed by atoms with van der Waals surface area (Å²) in [6.07, 6.45) is 0. The van der Waals surface area contributed by atoms with E-state index in [9.17, 15) is 9.59 Å². The number of primary amides is 1. The Balaban J connectivity index is 1.81. The molecule has 0 fully saturated rings. The molecule has 4 N–H and O–H groups in total. The first-order chi connectivity index (χ1) is 10.1. The molecule has 0 radical (unpaired) electrons. The molecule has 2 aromatic carbocycles. The smallest absolute Gasteiger partial charge is 0.248 e. The minimum Gasteiger partial charge on any atom is -0.376 e. The highest BCUT2D eigenvalue weighted by molar-refractivity contribution is 5.92. The lowest BCUT2D eigenvalue weighted by Crippen LogP contribution is -2.29. The average molecular weight is 283 g/mol. The summed E-state index contributed by atoms with van der Waals surface area (Å²) in [5.41, 5.74) is 7.37. The van der Waals surface area contributed by atoms with E-state index >= 15 is 0 Å². The van der Waals surface area contributed by atoms with Gasteiger partial charge in [-0.15, -0.1) is 0 Å². The second kappa shape index (κ2) is 7.09. The summed E-state index contributed by atoms with van der Waals surface area (Å²) in [5, 5.41) is 5.81. The van der Waals surface area contributed by atoms with Crippen LogP contribution >= 0.6 is 0 Å². The number of amides is 2. The van der Waals surface area contributed by atoms with E-state index in [-0.39, 0.29) is 12.5 Å². The molecular weight excluding hydrogens is 266 g/mol. The molecule has 0 spiro atoms. The summed E-state index contributed by atoms with van der Waals surface area (Å²) in [7, 11) is 0. The molecule has 0 aliphatic rings. The SMILES string of the molecule is NC(=O)c1cccc(CNC(=O)CNc2ccccc2)c1. The van der Waals surface area contributed by atoms with Gasteiger partial charge in [0.25, 0.3) is 0 Å². The van der Waals surface area contributed by atoms with Crippen LogP contribution in [0.15, 0.2) is 54.6 Å². The maximum absolute atomic E-state index is 11.7. The van der Waals surface area contributed by atoms with E-state index in [0.29, 0.717) is 12.1 Å². The van der Waals surface area contributed by atoms with Crippen molar-refractivity contribution in [1.82, 2.24) is 5.32 Å². The summed E-state index contributed by atoms with van der Waals surface area (Å²) >= 11 is 0. The van der Waals surface area contributed by atoms with E-state index in [2.05, 4.69) is 10.6 Å². The van der Waals surface area contributed by atoms with Crippen LogP contribution in [0.5, 0.6) is 0 Å². The van der Waals surface area contributed by atoms with Gasteiger partial charge in [-0.1, -0.05) is 30.3 Å². The Hall–Kier alpha value is -2.82. The summed E-state index contributed by atoms with van der Waals surface area (Å²) in [4.78, 5) is 22.8. The second-order valence-corrected chi connectivity index (χ2v) is 4.56. The summed E-state index contributed by atoms with van der Waals surface area (Å²) in [5.74, 6) is -0.600. The Morgan fingerprint density at radius 2 is 1.76 bits per heavy atom. The van der Waals surface area contributed by atoms with Crippen LogP contribution < -0.4 is 16.4 Å². The van der Waals surface area contributed by atoms with Crippen LogP contribution in [0.4, 0.5) is 5.69 Å². The maximum atomic E-state index is 11.7. The van der Waals surface area contributed by atoms with Gasteiger partial charge in [0.1, 0.15) is 0 Å². The monoisotopic (exact) mass is 283 g/mol. The van der Waals surface area contributed by atoms with E-state index in [1.54, 1.807) is 18.2 Å². The van der Waals surface area contributed by atoms with Gasteiger partial charge >= 0.3 is 0 Å². The highest BCUT2D eigenvalue weighted by Crippen LogP contribution is 2.05. The number of para-hydroxylation sites is 1. The number of hydrogen-bond acceptors (Lipinski definition) is 3. The van der Waals surface area contributed by atoms with Crippen molar-refractivity contribution in [2.75, 3.05) is 11.9 Å². The van der Waals surface area contributed by atoms with E-state index < -0.39 is 5.91 Å². The van der Waals surface area contributed by atoms with E-state index in [0.717, 1.165) is 11.3 Å². The average Bonchev–Trinajstić information content (AvgIpc) is 2.52. The highest BCUT2D eigenvalue weighted by Gasteiger charge is 2.04. The molecule has 2 amide bonds. The van der Waals surface area contributed by atoms with Gasteiger partial charge in [0.15, 0.2) is 0 Å². The molecule has 2 rings (SSSR count). The van der Waals surface area contributed by atoms with Crippen LogP contribution in [-0.4, -0.2) is 18.4 Å². The third-order valence-electron chi connectivity index (χ3n) is 2.93. The molecule has 0 aliphatic carbocycles. The molecule has 108 valence electrons. The van der Waals surface area contributed by atoms with E-state index in [1.807, 2.05) is 36.4 Å². The lowest BCUT2D eigenvalue weighted by atomic mass is 10.1. The zero-order valence-electron chi connectivity index (χ0n) is 11.5.